The van der Waals surface area contributed by atoms with Crippen LogP contribution < -0.4 is 0 Å². The molecule has 30 heavy (non-hydrogen) atoms. The van der Waals surface area contributed by atoms with Gasteiger partial charge in [0.15, 0.2) is 0 Å². The molecule has 172 valence electrons. The Labute approximate surface area is 185 Å². The summed E-state index contributed by atoms with van der Waals surface area (Å²) in [5.41, 5.74) is 4.35. The summed E-state index contributed by atoms with van der Waals surface area (Å²) in [7, 11) is 0. The fraction of sp³-hybridized carbons (Fsp3) is 0.731. The number of hydrogen-bond donors (Lipinski definition) is 1. The van der Waals surface area contributed by atoms with Crippen LogP contribution in [-0.2, 0) is 4.79 Å². The van der Waals surface area contributed by atoms with E-state index in [2.05, 4.69) is 57.7 Å². The Balaban J connectivity index is 2.21. The maximum Gasteiger partial charge on any atom is 0.222 e. The fourth-order valence-electron chi connectivity index (χ4n) is 3.84. The van der Waals surface area contributed by atoms with Crippen LogP contribution in [0.5, 0.6) is 0 Å². The number of piperazine rings is 1. The van der Waals surface area contributed by atoms with E-state index in [9.17, 15) is 4.79 Å². The first kappa shape index (κ1) is 26.6. The lowest BCUT2D eigenvalue weighted by atomic mass is 9.99. The molecule has 1 atom stereocenters. The van der Waals surface area contributed by atoms with E-state index in [0.29, 0.717) is 18.2 Å². The predicted octanol–water partition coefficient (Wildman–Crippen LogP) is 5.35. The molecule has 0 radical (unpaired) electrons. The molecule has 1 rings (SSSR count). The Bertz CT molecular complexity index is 580. The van der Waals surface area contributed by atoms with Crippen molar-refractivity contribution in [1.29, 1.82) is 0 Å². The predicted molar refractivity (Wildman–Crippen MR) is 129 cm³/mol. The Morgan fingerprint density at radius 2 is 1.47 bits per heavy atom. The summed E-state index contributed by atoms with van der Waals surface area (Å²) < 4.78 is 0. The number of β-amino-alcohol motifs (C(OH)–C–C–N with tert-alkyl or cyclic N) is 1. The van der Waals surface area contributed by atoms with Crippen molar-refractivity contribution in [3.8, 4) is 0 Å². The molecule has 1 aliphatic heterocycles. The molecule has 1 aliphatic rings. The quantitative estimate of drug-likeness (QED) is 0.410. The number of allylic oxidation sites excluding steroid dienone is 6. The van der Waals surface area contributed by atoms with Crippen LogP contribution in [0.4, 0.5) is 0 Å². The van der Waals surface area contributed by atoms with E-state index < -0.39 is 0 Å². The molecule has 0 saturated carbocycles. The van der Waals surface area contributed by atoms with Gasteiger partial charge in [0.2, 0.25) is 5.91 Å². The van der Waals surface area contributed by atoms with E-state index in [1.807, 2.05) is 4.90 Å². The van der Waals surface area contributed by atoms with Crippen molar-refractivity contribution in [3.05, 3.63) is 34.9 Å². The zero-order valence-corrected chi connectivity index (χ0v) is 20.3. The summed E-state index contributed by atoms with van der Waals surface area (Å²) in [6, 6.07) is 0. The summed E-state index contributed by atoms with van der Waals surface area (Å²) in [6.07, 6.45) is 14.4. The van der Waals surface area contributed by atoms with Crippen LogP contribution in [0, 0.1) is 5.92 Å². The van der Waals surface area contributed by atoms with Crippen LogP contribution in [0.1, 0.15) is 79.6 Å². The number of aliphatic hydroxyl groups excluding tert-OH is 1. The van der Waals surface area contributed by atoms with Crippen LogP contribution in [0.15, 0.2) is 34.9 Å². The van der Waals surface area contributed by atoms with E-state index >= 15 is 0 Å². The monoisotopic (exact) mass is 418 g/mol. The van der Waals surface area contributed by atoms with Crippen LogP contribution in [0.2, 0.25) is 0 Å². The first-order valence-electron chi connectivity index (χ1n) is 11.9. The maximum absolute atomic E-state index is 12.5. The Kier molecular flexibility index (Phi) is 13.7. The Hall–Kier alpha value is -1.39. The van der Waals surface area contributed by atoms with E-state index in [0.717, 1.165) is 71.2 Å². The van der Waals surface area contributed by atoms with Crippen molar-refractivity contribution >= 4 is 5.91 Å². The molecule has 1 unspecified atom stereocenters. The molecule has 4 heteroatoms. The largest absolute Gasteiger partial charge is 0.395 e. The highest BCUT2D eigenvalue weighted by atomic mass is 16.3. The lowest BCUT2D eigenvalue weighted by Gasteiger charge is -2.34. The van der Waals surface area contributed by atoms with E-state index in [-0.39, 0.29) is 6.61 Å². The average Bonchev–Trinajstić information content (AvgIpc) is 2.68. The average molecular weight is 419 g/mol. The molecule has 0 aromatic heterocycles. The second kappa shape index (κ2) is 15.4. The molecule has 0 aliphatic carbocycles. The first-order valence-corrected chi connectivity index (χ1v) is 11.9. The number of rotatable bonds is 13. The number of hydrogen-bond acceptors (Lipinski definition) is 3. The first-order chi connectivity index (χ1) is 14.3. The molecule has 0 aromatic rings. The molecule has 4 nitrogen and oxygen atoms in total. The van der Waals surface area contributed by atoms with Gasteiger partial charge in [-0.15, -0.1) is 0 Å². The number of carbonyl (C=O) groups is 1. The second-order valence-electron chi connectivity index (χ2n) is 9.29. The molecule has 0 spiro atoms. The van der Waals surface area contributed by atoms with Gasteiger partial charge in [0.05, 0.1) is 6.61 Å². The van der Waals surface area contributed by atoms with Crippen LogP contribution in [0.3, 0.4) is 0 Å². The van der Waals surface area contributed by atoms with Gasteiger partial charge in [-0.3, -0.25) is 9.69 Å². The van der Waals surface area contributed by atoms with Crippen molar-refractivity contribution in [3.63, 3.8) is 0 Å². The van der Waals surface area contributed by atoms with Crippen molar-refractivity contribution in [1.82, 2.24) is 9.80 Å². The smallest absolute Gasteiger partial charge is 0.222 e. The van der Waals surface area contributed by atoms with Gasteiger partial charge in [-0.25, -0.2) is 0 Å². The highest BCUT2D eigenvalue weighted by molar-refractivity contribution is 5.76. The minimum Gasteiger partial charge on any atom is -0.395 e. The minimum absolute atomic E-state index is 0.198. The molecule has 0 aromatic carbocycles. The lowest BCUT2D eigenvalue weighted by Crippen LogP contribution is -2.49. The number of carbonyl (C=O) groups excluding carboxylic acids is 1. The summed E-state index contributed by atoms with van der Waals surface area (Å²) >= 11 is 0. The van der Waals surface area contributed by atoms with Crippen LogP contribution >= 0.6 is 0 Å². The molecule has 1 N–H and O–H groups in total. The standard InChI is InChI=1S/C26H46N2O2/c1-22(2)9-6-10-23(3)11-7-12-24(4)13-8-14-25(5)21-26(30)28-17-15-27(16-18-28)19-20-29/h9,11,13,25,29H,6-8,10,12,14-21H2,1-5H3/b23-11+,24-13+. The van der Waals surface area contributed by atoms with E-state index in [1.54, 1.807) is 0 Å². The highest BCUT2D eigenvalue weighted by Crippen LogP contribution is 2.16. The summed E-state index contributed by atoms with van der Waals surface area (Å²) in [5.74, 6) is 0.717. The second-order valence-corrected chi connectivity index (χ2v) is 9.29. The van der Waals surface area contributed by atoms with E-state index in [1.165, 1.54) is 16.7 Å². The van der Waals surface area contributed by atoms with Gasteiger partial charge in [0.1, 0.15) is 0 Å². The zero-order chi connectivity index (χ0) is 22.4. The normalized spacial score (nSPS) is 17.2. The van der Waals surface area contributed by atoms with Crippen LogP contribution in [-0.4, -0.2) is 60.1 Å². The molecule has 1 heterocycles. The Morgan fingerprint density at radius 1 is 0.900 bits per heavy atom. The third kappa shape index (κ3) is 12.3. The topological polar surface area (TPSA) is 43.8 Å². The maximum atomic E-state index is 12.5. The highest BCUT2D eigenvalue weighted by Gasteiger charge is 2.21. The molecular formula is C26H46N2O2. The minimum atomic E-state index is 0.198. The molecular weight excluding hydrogens is 372 g/mol. The Morgan fingerprint density at radius 3 is 2.03 bits per heavy atom. The van der Waals surface area contributed by atoms with Gasteiger partial charge >= 0.3 is 0 Å². The van der Waals surface area contributed by atoms with E-state index in [4.69, 9.17) is 5.11 Å². The fourth-order valence-corrected chi connectivity index (χ4v) is 3.84. The van der Waals surface area contributed by atoms with Gasteiger partial charge in [-0.1, -0.05) is 41.9 Å². The number of aliphatic hydroxyl groups is 1. The van der Waals surface area contributed by atoms with Gasteiger partial charge in [-0.2, -0.15) is 0 Å². The lowest BCUT2D eigenvalue weighted by molar-refractivity contribution is -0.133. The molecule has 1 saturated heterocycles. The van der Waals surface area contributed by atoms with Gasteiger partial charge < -0.3 is 10.0 Å². The van der Waals surface area contributed by atoms with Gasteiger partial charge in [0.25, 0.3) is 0 Å². The van der Waals surface area contributed by atoms with Crippen LogP contribution in [0.25, 0.3) is 0 Å². The summed E-state index contributed by atoms with van der Waals surface area (Å²) in [5, 5.41) is 9.02. The molecule has 0 bridgehead atoms. The number of amides is 1. The zero-order valence-electron chi connectivity index (χ0n) is 20.3. The molecule has 1 amide bonds. The summed E-state index contributed by atoms with van der Waals surface area (Å²) in [4.78, 5) is 16.7. The SMILES string of the molecule is CC(C)=CCC/C(C)=C/CC/C(C)=C/CCC(C)CC(=O)N1CCN(CCO)CC1. The van der Waals surface area contributed by atoms with Gasteiger partial charge in [-0.05, 0) is 72.1 Å². The summed E-state index contributed by atoms with van der Waals surface area (Å²) in [6.45, 7) is 15.3. The third-order valence-electron chi connectivity index (χ3n) is 5.94. The van der Waals surface area contributed by atoms with Crippen molar-refractivity contribution in [2.75, 3.05) is 39.3 Å². The van der Waals surface area contributed by atoms with Gasteiger partial charge in [0, 0.05) is 39.1 Å². The van der Waals surface area contributed by atoms with Crippen molar-refractivity contribution in [2.24, 2.45) is 5.92 Å². The number of nitrogens with zero attached hydrogens (tertiary/aromatic N) is 2. The molecule has 1 fully saturated rings. The van der Waals surface area contributed by atoms with Crippen molar-refractivity contribution in [2.45, 2.75) is 79.6 Å². The van der Waals surface area contributed by atoms with Crippen molar-refractivity contribution < 1.29 is 9.90 Å². The third-order valence-corrected chi connectivity index (χ3v) is 5.94.